The molecular formula is C20H27N3O2. The smallest absolute Gasteiger partial charge is 0.256 e. The summed E-state index contributed by atoms with van der Waals surface area (Å²) in [6.45, 7) is 7.45. The zero-order valence-electron chi connectivity index (χ0n) is 15.1. The molecule has 0 bridgehead atoms. The lowest BCUT2D eigenvalue weighted by Crippen LogP contribution is -2.40. The van der Waals surface area contributed by atoms with Crippen LogP contribution in [0, 0.1) is 6.92 Å². The van der Waals surface area contributed by atoms with Crippen LogP contribution in [-0.4, -0.2) is 42.1 Å². The highest BCUT2D eigenvalue weighted by Gasteiger charge is 2.22. The molecule has 0 saturated carbocycles. The number of nitrogens with one attached hydrogen (secondary N) is 1. The number of hydrogen-bond donors (Lipinski definition) is 1. The summed E-state index contributed by atoms with van der Waals surface area (Å²) in [5.74, 6) is 1.11. The number of hydrogen-bond acceptors (Lipinski definition) is 4. The van der Waals surface area contributed by atoms with Crippen LogP contribution in [0.2, 0.25) is 0 Å². The summed E-state index contributed by atoms with van der Waals surface area (Å²) >= 11 is 0. The number of benzene rings is 1. The first-order chi connectivity index (χ1) is 12.2. The van der Waals surface area contributed by atoms with Crippen molar-refractivity contribution >= 4 is 5.91 Å². The molecule has 0 unspecified atom stereocenters. The van der Waals surface area contributed by atoms with Crippen LogP contribution in [0.5, 0.6) is 0 Å². The van der Waals surface area contributed by atoms with Crippen LogP contribution in [0.15, 0.2) is 34.9 Å². The Kier molecular flexibility index (Phi) is 5.87. The number of nitrogens with zero attached hydrogens (tertiary/aromatic N) is 2. The monoisotopic (exact) mass is 341 g/mol. The maximum Gasteiger partial charge on any atom is 0.256 e. The Balaban J connectivity index is 1.50. The van der Waals surface area contributed by atoms with Gasteiger partial charge in [-0.05, 0) is 44.2 Å². The molecule has 1 saturated heterocycles. The molecule has 1 amide bonds. The average Bonchev–Trinajstić information content (AvgIpc) is 3.03. The third-order valence-electron chi connectivity index (χ3n) is 4.99. The fourth-order valence-electron chi connectivity index (χ4n) is 3.62. The molecule has 1 aromatic heterocycles. The number of likely N-dealkylation sites (tertiary alicyclic amines) is 1. The zero-order valence-corrected chi connectivity index (χ0v) is 15.1. The van der Waals surface area contributed by atoms with E-state index in [0.717, 1.165) is 25.3 Å². The summed E-state index contributed by atoms with van der Waals surface area (Å²) in [6, 6.07) is 10.7. The van der Waals surface area contributed by atoms with Crippen LogP contribution in [0.25, 0.3) is 0 Å². The van der Waals surface area contributed by atoms with Crippen molar-refractivity contribution < 1.29 is 9.32 Å². The van der Waals surface area contributed by atoms with Crippen molar-refractivity contribution in [3.8, 4) is 0 Å². The van der Waals surface area contributed by atoms with Crippen molar-refractivity contribution in [1.29, 1.82) is 0 Å². The summed E-state index contributed by atoms with van der Waals surface area (Å²) in [7, 11) is 0. The van der Waals surface area contributed by atoms with Crippen molar-refractivity contribution in [3.05, 3.63) is 52.9 Å². The number of amides is 1. The molecule has 1 aliphatic rings. The molecule has 1 aliphatic heterocycles. The normalized spacial score (nSPS) is 18.2. The molecule has 2 aromatic rings. The average molecular weight is 341 g/mol. The third-order valence-corrected chi connectivity index (χ3v) is 4.99. The number of carbonyl (C=O) groups excluding carboxylic acids is 1. The van der Waals surface area contributed by atoms with Gasteiger partial charge in [0, 0.05) is 19.6 Å². The molecule has 1 atom stereocenters. The Bertz CT molecular complexity index is 696. The molecule has 0 aliphatic carbocycles. The van der Waals surface area contributed by atoms with E-state index in [9.17, 15) is 4.79 Å². The predicted molar refractivity (Wildman–Crippen MR) is 97.8 cm³/mol. The van der Waals surface area contributed by atoms with Gasteiger partial charge >= 0.3 is 0 Å². The summed E-state index contributed by atoms with van der Waals surface area (Å²) < 4.78 is 5.15. The molecule has 5 heteroatoms. The van der Waals surface area contributed by atoms with E-state index in [1.165, 1.54) is 18.4 Å². The minimum Gasteiger partial charge on any atom is -0.361 e. The van der Waals surface area contributed by atoms with E-state index in [1.807, 2.05) is 6.92 Å². The number of rotatable bonds is 6. The molecular weight excluding hydrogens is 314 g/mol. The van der Waals surface area contributed by atoms with Gasteiger partial charge in [-0.3, -0.25) is 4.79 Å². The molecule has 2 heterocycles. The fourth-order valence-corrected chi connectivity index (χ4v) is 3.62. The standard InChI is InChI=1S/C20H27N3O2/c1-3-18-19(15(2)25-22-18)20(24)21-11-13-23-12-7-10-17(14-23)16-8-5-4-6-9-16/h4-6,8-9,17H,3,7,10-14H2,1-2H3,(H,21,24)/t17-/m1/s1. The second kappa shape index (κ2) is 8.30. The molecule has 5 nitrogen and oxygen atoms in total. The van der Waals surface area contributed by atoms with Crippen LogP contribution in [-0.2, 0) is 6.42 Å². The van der Waals surface area contributed by atoms with Crippen LogP contribution in [0.4, 0.5) is 0 Å². The van der Waals surface area contributed by atoms with Crippen molar-refractivity contribution in [2.45, 2.75) is 39.0 Å². The first kappa shape index (κ1) is 17.7. The second-order valence-electron chi connectivity index (χ2n) is 6.72. The molecule has 1 N–H and O–H groups in total. The fraction of sp³-hybridized carbons (Fsp3) is 0.500. The van der Waals surface area contributed by atoms with Gasteiger partial charge in [0.1, 0.15) is 11.3 Å². The number of aryl methyl sites for hydroxylation is 2. The Morgan fingerprint density at radius 1 is 1.36 bits per heavy atom. The number of piperidine rings is 1. The molecule has 3 rings (SSSR count). The van der Waals surface area contributed by atoms with Gasteiger partial charge in [0.25, 0.3) is 5.91 Å². The van der Waals surface area contributed by atoms with Gasteiger partial charge in [-0.25, -0.2) is 0 Å². The van der Waals surface area contributed by atoms with Gasteiger partial charge in [0.15, 0.2) is 0 Å². The summed E-state index contributed by atoms with van der Waals surface area (Å²) in [5.41, 5.74) is 2.75. The molecule has 25 heavy (non-hydrogen) atoms. The highest BCUT2D eigenvalue weighted by molar-refractivity contribution is 5.96. The Morgan fingerprint density at radius 3 is 2.92 bits per heavy atom. The van der Waals surface area contributed by atoms with Gasteiger partial charge in [-0.1, -0.05) is 42.4 Å². The lowest BCUT2D eigenvalue weighted by atomic mass is 9.91. The largest absolute Gasteiger partial charge is 0.361 e. The van der Waals surface area contributed by atoms with Gasteiger partial charge in [0.2, 0.25) is 0 Å². The quantitative estimate of drug-likeness (QED) is 0.877. The van der Waals surface area contributed by atoms with E-state index in [0.29, 0.717) is 30.2 Å². The molecule has 1 aromatic carbocycles. The van der Waals surface area contributed by atoms with Crippen LogP contribution < -0.4 is 5.32 Å². The topological polar surface area (TPSA) is 58.4 Å². The Labute approximate surface area is 149 Å². The SMILES string of the molecule is CCc1noc(C)c1C(=O)NCCN1CCC[C@@H](c2ccccc2)C1. The van der Waals surface area contributed by atoms with Gasteiger partial charge in [0.05, 0.1) is 5.69 Å². The Morgan fingerprint density at radius 2 is 2.16 bits per heavy atom. The van der Waals surface area contributed by atoms with E-state index >= 15 is 0 Å². The van der Waals surface area contributed by atoms with Gasteiger partial charge < -0.3 is 14.7 Å². The van der Waals surface area contributed by atoms with Gasteiger partial charge in [-0.15, -0.1) is 0 Å². The molecule has 0 spiro atoms. The highest BCUT2D eigenvalue weighted by Crippen LogP contribution is 2.26. The van der Waals surface area contributed by atoms with E-state index in [1.54, 1.807) is 6.92 Å². The van der Waals surface area contributed by atoms with Gasteiger partial charge in [-0.2, -0.15) is 0 Å². The minimum absolute atomic E-state index is 0.0766. The van der Waals surface area contributed by atoms with E-state index < -0.39 is 0 Å². The third kappa shape index (κ3) is 4.28. The first-order valence-electron chi connectivity index (χ1n) is 9.19. The number of aromatic nitrogens is 1. The first-order valence-corrected chi connectivity index (χ1v) is 9.19. The minimum atomic E-state index is -0.0766. The van der Waals surface area contributed by atoms with E-state index in [2.05, 4.69) is 45.7 Å². The molecule has 0 radical (unpaired) electrons. The van der Waals surface area contributed by atoms with Crippen molar-refractivity contribution in [2.24, 2.45) is 0 Å². The Hall–Kier alpha value is -2.14. The highest BCUT2D eigenvalue weighted by atomic mass is 16.5. The summed E-state index contributed by atoms with van der Waals surface area (Å²) in [4.78, 5) is 14.9. The molecule has 134 valence electrons. The lowest BCUT2D eigenvalue weighted by Gasteiger charge is -2.33. The van der Waals surface area contributed by atoms with Crippen LogP contribution >= 0.6 is 0 Å². The van der Waals surface area contributed by atoms with E-state index in [4.69, 9.17) is 4.52 Å². The number of carbonyl (C=O) groups is 1. The van der Waals surface area contributed by atoms with Crippen LogP contribution in [0.1, 0.15) is 53.1 Å². The maximum absolute atomic E-state index is 12.4. The molecule has 1 fully saturated rings. The van der Waals surface area contributed by atoms with E-state index in [-0.39, 0.29) is 5.91 Å². The lowest BCUT2D eigenvalue weighted by molar-refractivity contribution is 0.0943. The summed E-state index contributed by atoms with van der Waals surface area (Å²) in [5, 5.41) is 6.97. The predicted octanol–water partition coefficient (Wildman–Crippen LogP) is 3.15. The van der Waals surface area contributed by atoms with Crippen molar-refractivity contribution in [3.63, 3.8) is 0 Å². The maximum atomic E-state index is 12.4. The van der Waals surface area contributed by atoms with Crippen LogP contribution in [0.3, 0.4) is 0 Å². The second-order valence-corrected chi connectivity index (χ2v) is 6.72. The zero-order chi connectivity index (χ0) is 17.6. The van der Waals surface area contributed by atoms with Crippen molar-refractivity contribution in [2.75, 3.05) is 26.2 Å². The van der Waals surface area contributed by atoms with Crippen molar-refractivity contribution in [1.82, 2.24) is 15.4 Å². The summed E-state index contributed by atoms with van der Waals surface area (Å²) in [6.07, 6.45) is 3.15.